The van der Waals surface area contributed by atoms with Gasteiger partial charge in [0.05, 0.1) is 11.8 Å². The summed E-state index contributed by atoms with van der Waals surface area (Å²) in [4.78, 5) is 38.2. The molecule has 1 saturated heterocycles. The molecule has 2 aromatic heterocycles. The fourth-order valence-corrected chi connectivity index (χ4v) is 2.46. The molecule has 1 unspecified atom stereocenters. The number of rotatable bonds is 2. The number of carbonyl (C=O) groups excluding carboxylic acids is 1. The quantitative estimate of drug-likeness (QED) is 0.832. The number of nitrogens with one attached hydrogen (secondary N) is 1. The predicted molar refractivity (Wildman–Crippen MR) is 74.6 cm³/mol. The number of hydrogen-bond donors (Lipinski definition) is 1. The van der Waals surface area contributed by atoms with Crippen LogP contribution in [-0.4, -0.2) is 52.4 Å². The zero-order valence-electron chi connectivity index (χ0n) is 11.3. The summed E-state index contributed by atoms with van der Waals surface area (Å²) in [7, 11) is 3.61. The minimum atomic E-state index is -0.278. The number of likely N-dealkylation sites (N-methyl/N-ethyl adjacent to an activating group) is 2. The number of carbonyl (C=O) groups is 1. The molecule has 1 aliphatic heterocycles. The Kier molecular flexibility index (Phi) is 2.89. The number of H-pyrrole nitrogens is 1. The van der Waals surface area contributed by atoms with Gasteiger partial charge in [0.1, 0.15) is 11.9 Å². The van der Waals surface area contributed by atoms with E-state index in [1.165, 1.54) is 6.33 Å². The first kappa shape index (κ1) is 12.6. The average molecular weight is 273 g/mol. The molecule has 7 nitrogen and oxygen atoms in total. The standard InChI is InChI=1S/C13H15N5O2/c1-17-6-5-9(13(17)20)18(2)10-4-3-8-11(16-10)12(19)15-7-14-8/h3-4,7,9H,5-6H2,1-2H3,(H,14,15,19). The maximum Gasteiger partial charge on any atom is 0.277 e. The first-order valence-corrected chi connectivity index (χ1v) is 6.40. The zero-order valence-corrected chi connectivity index (χ0v) is 11.3. The lowest BCUT2D eigenvalue weighted by atomic mass is 10.2. The second kappa shape index (κ2) is 4.59. The van der Waals surface area contributed by atoms with Gasteiger partial charge >= 0.3 is 0 Å². The van der Waals surface area contributed by atoms with Crippen molar-refractivity contribution in [3.63, 3.8) is 0 Å². The Bertz CT molecular complexity index is 726. The zero-order chi connectivity index (χ0) is 14.3. The lowest BCUT2D eigenvalue weighted by Crippen LogP contribution is -2.39. The van der Waals surface area contributed by atoms with Crippen molar-refractivity contribution in [2.24, 2.45) is 0 Å². The topological polar surface area (TPSA) is 82.2 Å². The number of amides is 1. The van der Waals surface area contributed by atoms with Gasteiger partial charge < -0.3 is 14.8 Å². The van der Waals surface area contributed by atoms with Crippen molar-refractivity contribution in [3.8, 4) is 0 Å². The molecule has 0 aliphatic carbocycles. The predicted octanol–water partition coefficient (Wildman–Crippen LogP) is -0.0150. The minimum Gasteiger partial charge on any atom is -0.348 e. The lowest BCUT2D eigenvalue weighted by Gasteiger charge is -2.24. The third kappa shape index (κ3) is 1.91. The Hall–Kier alpha value is -2.44. The molecule has 3 rings (SSSR count). The van der Waals surface area contributed by atoms with Crippen LogP contribution in [0, 0.1) is 0 Å². The molecule has 20 heavy (non-hydrogen) atoms. The molecule has 1 fully saturated rings. The second-order valence-electron chi connectivity index (χ2n) is 4.94. The molecule has 1 aliphatic rings. The first-order chi connectivity index (χ1) is 9.58. The molecule has 2 aromatic rings. The second-order valence-corrected chi connectivity index (χ2v) is 4.94. The fraction of sp³-hybridized carbons (Fsp3) is 0.385. The van der Waals surface area contributed by atoms with Crippen LogP contribution in [0.4, 0.5) is 5.82 Å². The summed E-state index contributed by atoms with van der Waals surface area (Å²) in [6, 6.07) is 3.30. The number of nitrogens with zero attached hydrogens (tertiary/aromatic N) is 4. The Balaban J connectivity index is 2.00. The summed E-state index contributed by atoms with van der Waals surface area (Å²) in [5.74, 6) is 0.680. The van der Waals surface area contributed by atoms with Crippen LogP contribution in [0.3, 0.4) is 0 Å². The molecule has 1 N–H and O–H groups in total. The molecule has 1 atom stereocenters. The summed E-state index contributed by atoms with van der Waals surface area (Å²) < 4.78 is 0. The number of anilines is 1. The Labute approximate surface area is 115 Å². The van der Waals surface area contributed by atoms with E-state index in [1.807, 2.05) is 11.9 Å². The van der Waals surface area contributed by atoms with Crippen molar-refractivity contribution in [1.82, 2.24) is 19.9 Å². The minimum absolute atomic E-state index is 0.0782. The van der Waals surface area contributed by atoms with Gasteiger partial charge in [-0.2, -0.15) is 0 Å². The number of fused-ring (bicyclic) bond motifs is 1. The highest BCUT2D eigenvalue weighted by Gasteiger charge is 2.32. The molecule has 3 heterocycles. The molecule has 0 aromatic carbocycles. The molecular formula is C13H15N5O2. The summed E-state index contributed by atoms with van der Waals surface area (Å²) >= 11 is 0. The van der Waals surface area contributed by atoms with E-state index in [2.05, 4.69) is 15.0 Å². The van der Waals surface area contributed by atoms with E-state index in [0.29, 0.717) is 11.3 Å². The summed E-state index contributed by atoms with van der Waals surface area (Å²) in [5, 5.41) is 0. The smallest absolute Gasteiger partial charge is 0.277 e. The molecular weight excluding hydrogens is 258 g/mol. The van der Waals surface area contributed by atoms with Crippen molar-refractivity contribution < 1.29 is 4.79 Å². The number of aromatic amines is 1. The molecule has 104 valence electrons. The normalized spacial score (nSPS) is 18.8. The summed E-state index contributed by atoms with van der Waals surface area (Å²) in [6.45, 7) is 0.740. The van der Waals surface area contributed by atoms with Gasteiger partial charge in [0.2, 0.25) is 5.91 Å². The Morgan fingerprint density at radius 2 is 2.20 bits per heavy atom. The third-order valence-corrected chi connectivity index (χ3v) is 3.70. The fourth-order valence-electron chi connectivity index (χ4n) is 2.46. The van der Waals surface area contributed by atoms with Crippen LogP contribution in [0.15, 0.2) is 23.3 Å². The largest absolute Gasteiger partial charge is 0.348 e. The maximum atomic E-state index is 12.0. The maximum absolute atomic E-state index is 12.0. The molecule has 0 spiro atoms. The van der Waals surface area contributed by atoms with Gasteiger partial charge in [-0.3, -0.25) is 9.59 Å². The van der Waals surface area contributed by atoms with Crippen LogP contribution in [0.5, 0.6) is 0 Å². The summed E-state index contributed by atoms with van der Waals surface area (Å²) in [5.41, 5.74) is 0.552. The number of hydrogen-bond acceptors (Lipinski definition) is 5. The highest BCUT2D eigenvalue weighted by Crippen LogP contribution is 2.21. The highest BCUT2D eigenvalue weighted by atomic mass is 16.2. The molecule has 0 bridgehead atoms. The van der Waals surface area contributed by atoms with Gasteiger partial charge in [0, 0.05) is 20.6 Å². The molecule has 0 radical (unpaired) electrons. The first-order valence-electron chi connectivity index (χ1n) is 6.40. The van der Waals surface area contributed by atoms with E-state index >= 15 is 0 Å². The van der Waals surface area contributed by atoms with Crippen LogP contribution < -0.4 is 10.5 Å². The van der Waals surface area contributed by atoms with Crippen LogP contribution in [0.2, 0.25) is 0 Å². The van der Waals surface area contributed by atoms with Gasteiger partial charge in [-0.15, -0.1) is 0 Å². The van der Waals surface area contributed by atoms with E-state index in [0.717, 1.165) is 13.0 Å². The van der Waals surface area contributed by atoms with Crippen molar-refractivity contribution in [3.05, 3.63) is 28.8 Å². The van der Waals surface area contributed by atoms with E-state index in [1.54, 1.807) is 24.1 Å². The van der Waals surface area contributed by atoms with Gasteiger partial charge in [-0.1, -0.05) is 0 Å². The van der Waals surface area contributed by atoms with Crippen molar-refractivity contribution in [2.75, 3.05) is 25.5 Å². The van der Waals surface area contributed by atoms with Gasteiger partial charge in [0.25, 0.3) is 5.56 Å². The van der Waals surface area contributed by atoms with Gasteiger partial charge in [-0.25, -0.2) is 9.97 Å². The third-order valence-electron chi connectivity index (χ3n) is 3.70. The highest BCUT2D eigenvalue weighted by molar-refractivity contribution is 5.87. The number of pyridine rings is 1. The molecule has 1 amide bonds. The molecule has 0 saturated carbocycles. The SMILES string of the molecule is CN1CCC(N(C)c2ccc3nc[nH]c(=O)c3n2)C1=O. The summed E-state index contributed by atoms with van der Waals surface area (Å²) in [6.07, 6.45) is 2.11. The van der Waals surface area contributed by atoms with Crippen LogP contribution in [-0.2, 0) is 4.79 Å². The number of likely N-dealkylation sites (tertiary alicyclic amines) is 1. The Morgan fingerprint density at radius 1 is 1.40 bits per heavy atom. The van der Waals surface area contributed by atoms with Gasteiger partial charge in [0.15, 0.2) is 5.52 Å². The monoisotopic (exact) mass is 273 g/mol. The molecule has 7 heteroatoms. The van der Waals surface area contributed by atoms with Crippen LogP contribution in [0.25, 0.3) is 11.0 Å². The van der Waals surface area contributed by atoms with E-state index in [9.17, 15) is 9.59 Å². The van der Waals surface area contributed by atoms with Crippen LogP contribution >= 0.6 is 0 Å². The van der Waals surface area contributed by atoms with Gasteiger partial charge in [-0.05, 0) is 18.6 Å². The van der Waals surface area contributed by atoms with E-state index in [-0.39, 0.29) is 23.0 Å². The van der Waals surface area contributed by atoms with E-state index < -0.39 is 0 Å². The average Bonchev–Trinajstić information content (AvgIpc) is 2.78. The van der Waals surface area contributed by atoms with Crippen molar-refractivity contribution in [1.29, 1.82) is 0 Å². The van der Waals surface area contributed by atoms with Crippen LogP contribution in [0.1, 0.15) is 6.42 Å². The van der Waals surface area contributed by atoms with E-state index in [4.69, 9.17) is 0 Å². The lowest BCUT2D eigenvalue weighted by molar-refractivity contribution is -0.127. The van der Waals surface area contributed by atoms with Crippen molar-refractivity contribution >= 4 is 22.8 Å². The number of aromatic nitrogens is 3. The Morgan fingerprint density at radius 3 is 2.90 bits per heavy atom. The van der Waals surface area contributed by atoms with Crippen molar-refractivity contribution in [2.45, 2.75) is 12.5 Å².